The number of phenols is 1. The van der Waals surface area contributed by atoms with Gasteiger partial charge in [-0.25, -0.2) is 0 Å². The Kier molecular flexibility index (Phi) is 4.63. The third-order valence-electron chi connectivity index (χ3n) is 3.16. The van der Waals surface area contributed by atoms with E-state index in [0.29, 0.717) is 17.1 Å². The summed E-state index contributed by atoms with van der Waals surface area (Å²) in [7, 11) is 1.48. The summed E-state index contributed by atoms with van der Waals surface area (Å²) < 4.78 is 4.97. The lowest BCUT2D eigenvalue weighted by molar-refractivity contribution is 0.102. The van der Waals surface area contributed by atoms with Gasteiger partial charge in [0.05, 0.1) is 18.4 Å². The molecule has 0 saturated carbocycles. The first-order valence-electron chi connectivity index (χ1n) is 6.52. The van der Waals surface area contributed by atoms with Gasteiger partial charge in [0.1, 0.15) is 11.5 Å². The van der Waals surface area contributed by atoms with Gasteiger partial charge in [0.25, 0.3) is 5.91 Å². The molecule has 0 spiro atoms. The van der Waals surface area contributed by atoms with Crippen molar-refractivity contribution in [3.8, 4) is 11.5 Å². The van der Waals surface area contributed by atoms with Crippen molar-refractivity contribution in [3.05, 3.63) is 53.6 Å². The van der Waals surface area contributed by atoms with Gasteiger partial charge in [-0.1, -0.05) is 17.3 Å². The molecule has 0 unspecified atom stereocenters. The van der Waals surface area contributed by atoms with E-state index in [1.54, 1.807) is 37.3 Å². The molecule has 0 fully saturated rings. The molecule has 1 amide bonds. The Labute approximate surface area is 127 Å². The summed E-state index contributed by atoms with van der Waals surface area (Å²) in [4.78, 5) is 12.1. The summed E-state index contributed by atoms with van der Waals surface area (Å²) in [5.74, 6) is -0.116. The van der Waals surface area contributed by atoms with Crippen LogP contribution in [0.1, 0.15) is 22.8 Å². The number of anilines is 1. The number of ether oxygens (including phenoxy) is 1. The minimum absolute atomic E-state index is 0.151. The van der Waals surface area contributed by atoms with Crippen LogP contribution in [0.25, 0.3) is 0 Å². The molecule has 0 bridgehead atoms. The molecule has 0 radical (unpaired) electrons. The summed E-state index contributed by atoms with van der Waals surface area (Å²) in [5, 5.41) is 24.3. The number of nitrogens with one attached hydrogen (secondary N) is 1. The summed E-state index contributed by atoms with van der Waals surface area (Å²) in [6.07, 6.45) is 0. The molecular weight excluding hydrogens is 284 g/mol. The molecule has 6 nitrogen and oxygen atoms in total. The molecule has 22 heavy (non-hydrogen) atoms. The maximum absolute atomic E-state index is 12.1. The molecule has 114 valence electrons. The largest absolute Gasteiger partial charge is 0.507 e. The normalized spacial score (nSPS) is 11.1. The number of carbonyl (C=O) groups is 1. The highest BCUT2D eigenvalue weighted by atomic mass is 16.5. The highest BCUT2D eigenvalue weighted by molar-refractivity contribution is 6.06. The lowest BCUT2D eigenvalue weighted by Gasteiger charge is -2.09. The Morgan fingerprint density at radius 3 is 2.41 bits per heavy atom. The molecule has 0 saturated heterocycles. The van der Waals surface area contributed by atoms with Crippen LogP contribution in [0, 0.1) is 0 Å². The predicted octanol–water partition coefficient (Wildman–Crippen LogP) is 2.85. The highest BCUT2D eigenvalue weighted by Gasteiger charge is 2.12. The maximum Gasteiger partial charge on any atom is 0.259 e. The van der Waals surface area contributed by atoms with Crippen molar-refractivity contribution in [2.75, 3.05) is 12.4 Å². The van der Waals surface area contributed by atoms with Crippen LogP contribution in [0.15, 0.2) is 47.6 Å². The van der Waals surface area contributed by atoms with Gasteiger partial charge < -0.3 is 20.4 Å². The predicted molar refractivity (Wildman–Crippen MR) is 83.1 cm³/mol. The van der Waals surface area contributed by atoms with Crippen molar-refractivity contribution in [2.24, 2.45) is 5.16 Å². The van der Waals surface area contributed by atoms with E-state index >= 15 is 0 Å². The molecule has 0 aromatic heterocycles. The topological polar surface area (TPSA) is 91.2 Å². The number of phenolic OH excluding ortho intramolecular Hbond substituents is 1. The zero-order valence-electron chi connectivity index (χ0n) is 12.2. The van der Waals surface area contributed by atoms with Crippen molar-refractivity contribution in [3.63, 3.8) is 0 Å². The van der Waals surface area contributed by atoms with Crippen LogP contribution in [0.3, 0.4) is 0 Å². The van der Waals surface area contributed by atoms with Crippen LogP contribution in [-0.2, 0) is 0 Å². The van der Waals surface area contributed by atoms with Gasteiger partial charge >= 0.3 is 0 Å². The van der Waals surface area contributed by atoms with E-state index in [4.69, 9.17) is 9.94 Å². The third kappa shape index (κ3) is 3.35. The van der Waals surface area contributed by atoms with Crippen molar-refractivity contribution in [2.45, 2.75) is 6.92 Å². The van der Waals surface area contributed by atoms with Gasteiger partial charge in [-0.3, -0.25) is 4.79 Å². The van der Waals surface area contributed by atoms with Crippen LogP contribution >= 0.6 is 0 Å². The van der Waals surface area contributed by atoms with Gasteiger partial charge in [0, 0.05) is 11.8 Å². The fraction of sp³-hybridized carbons (Fsp3) is 0.125. The number of hydrogen-bond donors (Lipinski definition) is 3. The Hall–Kier alpha value is -3.02. The smallest absolute Gasteiger partial charge is 0.259 e. The quantitative estimate of drug-likeness (QED) is 0.460. The van der Waals surface area contributed by atoms with Gasteiger partial charge in [0.15, 0.2) is 0 Å². The summed E-state index contributed by atoms with van der Waals surface area (Å²) in [6, 6.07) is 11.3. The lowest BCUT2D eigenvalue weighted by atomic mass is 10.1. The zero-order chi connectivity index (χ0) is 16.1. The number of oxime groups is 1. The Morgan fingerprint density at radius 2 is 1.86 bits per heavy atom. The van der Waals surface area contributed by atoms with Gasteiger partial charge in [0.2, 0.25) is 0 Å². The average molecular weight is 300 g/mol. The van der Waals surface area contributed by atoms with E-state index < -0.39 is 5.91 Å². The second-order valence-electron chi connectivity index (χ2n) is 4.60. The lowest BCUT2D eigenvalue weighted by Crippen LogP contribution is -2.12. The number of aromatic hydroxyl groups is 1. The van der Waals surface area contributed by atoms with E-state index in [0.717, 1.165) is 5.56 Å². The number of methoxy groups -OCH3 is 1. The van der Waals surface area contributed by atoms with Gasteiger partial charge in [-0.2, -0.15) is 0 Å². The first-order chi connectivity index (χ1) is 10.5. The number of amides is 1. The number of nitrogens with zero attached hydrogens (tertiary/aromatic N) is 1. The highest BCUT2D eigenvalue weighted by Crippen LogP contribution is 2.24. The second kappa shape index (κ2) is 6.62. The summed E-state index contributed by atoms with van der Waals surface area (Å²) >= 11 is 0. The van der Waals surface area contributed by atoms with E-state index in [9.17, 15) is 9.90 Å². The molecular formula is C16H16N2O4. The Bertz CT molecular complexity index is 709. The number of rotatable bonds is 4. The van der Waals surface area contributed by atoms with Crippen LogP contribution in [0.2, 0.25) is 0 Å². The minimum Gasteiger partial charge on any atom is -0.507 e. The second-order valence-corrected chi connectivity index (χ2v) is 4.60. The van der Waals surface area contributed by atoms with E-state index in [1.165, 1.54) is 19.2 Å². The SMILES string of the molecule is COc1ccc(C(=O)Nc2ccc(/C(C)=N/O)cc2)c(O)c1. The van der Waals surface area contributed by atoms with Crippen molar-refractivity contribution < 1.29 is 19.8 Å². The molecule has 2 aromatic rings. The molecule has 6 heteroatoms. The van der Waals surface area contributed by atoms with Crippen molar-refractivity contribution in [1.82, 2.24) is 0 Å². The summed E-state index contributed by atoms with van der Waals surface area (Å²) in [5.41, 5.74) is 1.94. The molecule has 2 rings (SSSR count). The average Bonchev–Trinajstić information content (AvgIpc) is 2.54. The van der Waals surface area contributed by atoms with Crippen LogP contribution in [0.4, 0.5) is 5.69 Å². The number of benzene rings is 2. The van der Waals surface area contributed by atoms with E-state index in [2.05, 4.69) is 10.5 Å². The molecule has 3 N–H and O–H groups in total. The first kappa shape index (κ1) is 15.4. The zero-order valence-corrected chi connectivity index (χ0v) is 12.2. The Morgan fingerprint density at radius 1 is 1.18 bits per heavy atom. The molecule has 0 heterocycles. The van der Waals surface area contributed by atoms with Crippen LogP contribution < -0.4 is 10.1 Å². The summed E-state index contributed by atoms with van der Waals surface area (Å²) in [6.45, 7) is 1.67. The third-order valence-corrected chi connectivity index (χ3v) is 3.16. The van der Waals surface area contributed by atoms with Crippen molar-refractivity contribution in [1.29, 1.82) is 0 Å². The van der Waals surface area contributed by atoms with Crippen molar-refractivity contribution >= 4 is 17.3 Å². The number of hydrogen-bond acceptors (Lipinski definition) is 5. The van der Waals surface area contributed by atoms with Crippen LogP contribution in [0.5, 0.6) is 11.5 Å². The standard InChI is InChI=1S/C16H16N2O4/c1-10(18-21)11-3-5-12(6-4-11)17-16(20)14-8-7-13(22-2)9-15(14)19/h3-9,19,21H,1-2H3,(H,17,20)/b18-10+. The van der Waals surface area contributed by atoms with E-state index in [1.807, 2.05) is 0 Å². The minimum atomic E-state index is -0.430. The molecule has 0 atom stereocenters. The fourth-order valence-electron chi connectivity index (χ4n) is 1.88. The Balaban J connectivity index is 2.15. The molecule has 0 aliphatic heterocycles. The van der Waals surface area contributed by atoms with Gasteiger partial charge in [-0.15, -0.1) is 0 Å². The van der Waals surface area contributed by atoms with Crippen LogP contribution in [-0.4, -0.2) is 29.0 Å². The number of carbonyl (C=O) groups excluding carboxylic acids is 1. The molecule has 0 aliphatic carbocycles. The fourth-order valence-corrected chi connectivity index (χ4v) is 1.88. The molecule has 2 aromatic carbocycles. The monoisotopic (exact) mass is 300 g/mol. The maximum atomic E-state index is 12.1. The first-order valence-corrected chi connectivity index (χ1v) is 6.52. The van der Waals surface area contributed by atoms with Gasteiger partial charge in [-0.05, 0) is 36.8 Å². The van der Waals surface area contributed by atoms with E-state index in [-0.39, 0.29) is 11.3 Å². The molecule has 0 aliphatic rings.